The zero-order valence-electron chi connectivity index (χ0n) is 15.7. The van der Waals surface area contributed by atoms with Crippen LogP contribution in [0.1, 0.15) is 20.8 Å². The van der Waals surface area contributed by atoms with E-state index in [1.807, 2.05) is 0 Å². The molecule has 0 atom stereocenters. The van der Waals surface area contributed by atoms with E-state index in [0.29, 0.717) is 6.07 Å². The summed E-state index contributed by atoms with van der Waals surface area (Å²) in [5.41, 5.74) is -1.70. The zero-order chi connectivity index (χ0) is 22.4. The number of aromatic hydroxyl groups is 1. The second-order valence-corrected chi connectivity index (χ2v) is 6.47. The molecule has 1 amide bonds. The van der Waals surface area contributed by atoms with Crippen LogP contribution in [0, 0.1) is 26.0 Å². The summed E-state index contributed by atoms with van der Waals surface area (Å²) in [6.07, 6.45) is 1.75. The maximum Gasteiger partial charge on any atom is 0.412 e. The summed E-state index contributed by atoms with van der Waals surface area (Å²) in [5.74, 6) is 4.08. The number of aromatic nitrogens is 1. The topological polar surface area (TPSA) is 175 Å². The highest BCUT2D eigenvalue weighted by atomic mass is 19.1. The molecule has 1 heterocycles. The largest absolute Gasteiger partial charge is 0.502 e. The number of halogens is 1. The Bertz CT molecular complexity index is 930. The second kappa shape index (κ2) is 9.25. The lowest BCUT2D eigenvalue weighted by molar-refractivity contribution is -0.640. The molecule has 2 rings (SSSR count). The Hall–Kier alpha value is -4.03. The third-order valence-electron chi connectivity index (χ3n) is 2.94. The van der Waals surface area contributed by atoms with Crippen LogP contribution in [0.4, 0.5) is 26.2 Å². The van der Waals surface area contributed by atoms with Crippen molar-refractivity contribution in [2.45, 2.75) is 26.4 Å². The average molecular weight is 412 g/mol. The number of nitrogens with one attached hydrogen (secondary N) is 1. The summed E-state index contributed by atoms with van der Waals surface area (Å²) in [6, 6.07) is 3.95. The molecule has 0 bridgehead atoms. The molecule has 0 fully saturated rings. The van der Waals surface area contributed by atoms with E-state index in [4.69, 9.17) is 15.7 Å². The Labute approximate surface area is 163 Å². The summed E-state index contributed by atoms with van der Waals surface area (Å²) in [5, 5.41) is 31.6. The van der Waals surface area contributed by atoms with Gasteiger partial charge in [0.15, 0.2) is 5.75 Å². The number of benzene rings is 1. The van der Waals surface area contributed by atoms with Crippen LogP contribution in [0.25, 0.3) is 0 Å². The first-order chi connectivity index (χ1) is 13.3. The fourth-order valence-corrected chi connectivity index (χ4v) is 1.77. The lowest BCUT2D eigenvalue weighted by atomic mass is 10.2. The highest BCUT2D eigenvalue weighted by Crippen LogP contribution is 2.29. The molecule has 1 aromatic heterocycles. The number of hydrogen-bond acceptors (Lipinski definition) is 8. The van der Waals surface area contributed by atoms with Crippen molar-refractivity contribution in [3.8, 4) is 5.75 Å². The van der Waals surface area contributed by atoms with Gasteiger partial charge in [-0.3, -0.25) is 25.5 Å². The number of phenols is 1. The molecule has 156 valence electrons. The van der Waals surface area contributed by atoms with Crippen molar-refractivity contribution in [1.82, 2.24) is 0 Å². The number of phenolic OH excluding ortho intramolecular Hbond substituents is 1. The SMILES string of the molecule is CC(C)(C)OC(=O)Nc1cc[n+](N)cc1F.O=[N+]([O-])c1ccc(O)c([N+](=O)[O-])c1. The number of anilines is 1. The van der Waals surface area contributed by atoms with Crippen molar-refractivity contribution in [1.29, 1.82) is 0 Å². The molecule has 0 radical (unpaired) electrons. The smallest absolute Gasteiger partial charge is 0.412 e. The Morgan fingerprint density at radius 2 is 1.86 bits per heavy atom. The quantitative estimate of drug-likeness (QED) is 0.298. The van der Waals surface area contributed by atoms with E-state index < -0.39 is 44.5 Å². The first-order valence-electron chi connectivity index (χ1n) is 7.88. The number of carbonyl (C=O) groups is 1. The van der Waals surface area contributed by atoms with Crippen LogP contribution in [0.3, 0.4) is 0 Å². The van der Waals surface area contributed by atoms with Gasteiger partial charge in [0.2, 0.25) is 18.2 Å². The van der Waals surface area contributed by atoms with Gasteiger partial charge in [0.1, 0.15) is 5.60 Å². The van der Waals surface area contributed by atoms with Crippen LogP contribution in [0.5, 0.6) is 5.75 Å². The second-order valence-electron chi connectivity index (χ2n) is 6.47. The maximum atomic E-state index is 13.3. The van der Waals surface area contributed by atoms with Crippen molar-refractivity contribution in [2.24, 2.45) is 0 Å². The average Bonchev–Trinajstić information content (AvgIpc) is 2.56. The molecule has 0 aliphatic heterocycles. The van der Waals surface area contributed by atoms with E-state index in [-0.39, 0.29) is 5.69 Å². The van der Waals surface area contributed by atoms with E-state index in [9.17, 15) is 29.4 Å². The van der Waals surface area contributed by atoms with E-state index in [1.54, 1.807) is 20.8 Å². The van der Waals surface area contributed by atoms with Gasteiger partial charge < -0.3 is 9.84 Å². The number of nitrogens with two attached hydrogens (primary N) is 1. The Balaban J connectivity index is 0.000000296. The number of hydrogen-bond donors (Lipinski definition) is 3. The summed E-state index contributed by atoms with van der Waals surface area (Å²) < 4.78 is 19.3. The van der Waals surface area contributed by atoms with Crippen LogP contribution in [-0.2, 0) is 4.74 Å². The third-order valence-corrected chi connectivity index (χ3v) is 2.94. The summed E-state index contributed by atoms with van der Waals surface area (Å²) in [6.45, 7) is 5.17. The Kier molecular flexibility index (Phi) is 7.34. The molecule has 4 N–H and O–H groups in total. The van der Waals surface area contributed by atoms with Crippen LogP contribution in [0.15, 0.2) is 36.7 Å². The van der Waals surface area contributed by atoms with E-state index in [2.05, 4.69) is 5.32 Å². The van der Waals surface area contributed by atoms with Gasteiger partial charge >= 0.3 is 11.8 Å². The minimum absolute atomic E-state index is 0.0240. The van der Waals surface area contributed by atoms with Crippen LogP contribution >= 0.6 is 0 Å². The van der Waals surface area contributed by atoms with Gasteiger partial charge in [0, 0.05) is 12.1 Å². The monoisotopic (exact) mass is 412 g/mol. The fourth-order valence-electron chi connectivity index (χ4n) is 1.77. The number of pyridine rings is 1. The molecule has 12 nitrogen and oxygen atoms in total. The first kappa shape index (κ1) is 23.0. The molecule has 0 unspecified atom stereocenters. The molecule has 0 spiro atoms. The number of ether oxygens (including phenoxy) is 1. The van der Waals surface area contributed by atoms with Gasteiger partial charge in [-0.05, 0) is 26.8 Å². The normalized spacial score (nSPS) is 10.3. The molecule has 0 aliphatic rings. The Morgan fingerprint density at radius 3 is 2.34 bits per heavy atom. The van der Waals surface area contributed by atoms with Crippen LogP contribution in [0.2, 0.25) is 0 Å². The highest BCUT2D eigenvalue weighted by Gasteiger charge is 2.19. The number of nitrogens with zero attached hydrogens (tertiary/aromatic N) is 3. The van der Waals surface area contributed by atoms with E-state index in [0.717, 1.165) is 23.0 Å². The van der Waals surface area contributed by atoms with E-state index in [1.165, 1.54) is 12.3 Å². The lowest BCUT2D eigenvalue weighted by Gasteiger charge is -2.19. The maximum absolute atomic E-state index is 13.3. The lowest BCUT2D eigenvalue weighted by Crippen LogP contribution is -2.44. The number of amides is 1. The van der Waals surface area contributed by atoms with Gasteiger partial charge in [-0.2, -0.15) is 4.39 Å². The standard InChI is InChI=1S/C10H14FN3O2.C6H4N2O5/c1-10(2,3)16-9(15)13-8-4-5-14(12)6-7(8)11;9-6-2-1-4(7(10)11)3-5(6)8(12)13/h4-6H,12H2,1-3H3;1-3,9H/p+1. The van der Waals surface area contributed by atoms with Crippen molar-refractivity contribution >= 4 is 23.2 Å². The van der Waals surface area contributed by atoms with Crippen molar-refractivity contribution in [3.05, 3.63) is 62.7 Å². The summed E-state index contributed by atoms with van der Waals surface area (Å²) in [7, 11) is 0. The van der Waals surface area contributed by atoms with Crippen molar-refractivity contribution in [3.63, 3.8) is 0 Å². The minimum Gasteiger partial charge on any atom is -0.502 e. The summed E-state index contributed by atoms with van der Waals surface area (Å²) >= 11 is 0. The minimum atomic E-state index is -0.887. The zero-order valence-corrected chi connectivity index (χ0v) is 15.7. The number of carbonyl (C=O) groups excluding carboxylic acids is 1. The van der Waals surface area contributed by atoms with Crippen LogP contribution < -0.4 is 15.8 Å². The molecular formula is C16H19FN5O7+. The number of nitro benzene ring substituents is 2. The summed E-state index contributed by atoms with van der Waals surface area (Å²) in [4.78, 5) is 30.1. The number of non-ortho nitro benzene ring substituents is 1. The molecule has 0 saturated heterocycles. The fraction of sp³-hybridized carbons (Fsp3) is 0.250. The van der Waals surface area contributed by atoms with Crippen molar-refractivity contribution in [2.75, 3.05) is 11.2 Å². The molecule has 13 heteroatoms. The van der Waals surface area contributed by atoms with Gasteiger partial charge in [-0.25, -0.2) is 10.6 Å². The first-order valence-corrected chi connectivity index (χ1v) is 7.88. The molecular weight excluding hydrogens is 393 g/mol. The highest BCUT2D eigenvalue weighted by molar-refractivity contribution is 5.84. The third kappa shape index (κ3) is 7.62. The van der Waals surface area contributed by atoms with Crippen molar-refractivity contribution < 1.29 is 33.6 Å². The predicted octanol–water partition coefficient (Wildman–Crippen LogP) is 2.38. The molecule has 0 aliphatic carbocycles. The molecule has 0 saturated carbocycles. The van der Waals surface area contributed by atoms with Gasteiger partial charge in [-0.1, -0.05) is 4.68 Å². The molecule has 1 aromatic carbocycles. The molecule has 29 heavy (non-hydrogen) atoms. The number of nitrogen functional groups attached to an aromatic ring is 1. The number of nitro groups is 2. The molecule has 2 aromatic rings. The van der Waals surface area contributed by atoms with Gasteiger partial charge in [0.05, 0.1) is 21.6 Å². The Morgan fingerprint density at radius 1 is 1.24 bits per heavy atom. The van der Waals surface area contributed by atoms with E-state index >= 15 is 0 Å². The van der Waals surface area contributed by atoms with Crippen LogP contribution in [-0.4, -0.2) is 26.6 Å². The predicted molar refractivity (Wildman–Crippen MR) is 98.0 cm³/mol. The van der Waals surface area contributed by atoms with Gasteiger partial charge in [-0.15, -0.1) is 0 Å². The number of rotatable bonds is 3. The van der Waals surface area contributed by atoms with Gasteiger partial charge in [0.25, 0.3) is 5.69 Å².